The minimum Gasteiger partial charge on any atom is -0.282 e. The van der Waals surface area contributed by atoms with E-state index in [0.29, 0.717) is 28.4 Å². The van der Waals surface area contributed by atoms with E-state index >= 15 is 0 Å². The summed E-state index contributed by atoms with van der Waals surface area (Å²) in [6, 6.07) is 17.8. The van der Waals surface area contributed by atoms with Crippen molar-refractivity contribution < 1.29 is 4.92 Å². The molecule has 4 rings (SSSR count). The molecule has 6 nitrogen and oxygen atoms in total. The summed E-state index contributed by atoms with van der Waals surface area (Å²) in [7, 11) is 0. The molecule has 0 amide bonds. The third-order valence-corrected chi connectivity index (χ3v) is 6.12. The van der Waals surface area contributed by atoms with Crippen molar-refractivity contribution in [3.05, 3.63) is 97.0 Å². The number of nitro benzene ring substituents is 1. The van der Waals surface area contributed by atoms with Gasteiger partial charge in [-0.1, -0.05) is 42.1 Å². The average molecular weight is 409 g/mol. The molecule has 0 unspecified atom stereocenters. The van der Waals surface area contributed by atoms with Gasteiger partial charge in [-0.05, 0) is 29.1 Å². The third kappa shape index (κ3) is 3.83. The Morgan fingerprint density at radius 2 is 1.96 bits per heavy atom. The number of thioether (sulfide) groups is 1. The van der Waals surface area contributed by atoms with Gasteiger partial charge < -0.3 is 0 Å². The Balaban J connectivity index is 1.71. The van der Waals surface area contributed by atoms with Crippen LogP contribution in [0, 0.1) is 10.1 Å². The summed E-state index contributed by atoms with van der Waals surface area (Å²) in [6.07, 6.45) is 0. The Labute approximate surface area is 168 Å². The number of benzene rings is 2. The molecule has 0 aliphatic rings. The van der Waals surface area contributed by atoms with Crippen LogP contribution in [0.25, 0.3) is 10.9 Å². The van der Waals surface area contributed by atoms with Crippen LogP contribution in [-0.2, 0) is 12.3 Å². The molecule has 0 aliphatic carbocycles. The zero-order chi connectivity index (χ0) is 19.5. The summed E-state index contributed by atoms with van der Waals surface area (Å²) in [5, 5.41) is 14.2. The topological polar surface area (TPSA) is 78.0 Å². The average Bonchev–Trinajstić information content (AvgIpc) is 3.22. The molecule has 0 saturated heterocycles. The predicted octanol–water partition coefficient (Wildman–Crippen LogP) is 4.71. The summed E-state index contributed by atoms with van der Waals surface area (Å²) in [4.78, 5) is 29.4. The number of hydrogen-bond donors (Lipinski definition) is 0. The molecular weight excluding hydrogens is 394 g/mol. The summed E-state index contributed by atoms with van der Waals surface area (Å²) in [6.45, 7) is 0.450. The van der Waals surface area contributed by atoms with E-state index in [9.17, 15) is 14.9 Å². The van der Waals surface area contributed by atoms with Crippen LogP contribution in [0.5, 0.6) is 0 Å². The molecule has 140 valence electrons. The predicted molar refractivity (Wildman–Crippen MR) is 112 cm³/mol. The SMILES string of the molecule is O=c1c2ccccc2nc(SCc2cccc([N+](=O)[O-])c2)n1Cc1cccs1. The lowest BCUT2D eigenvalue weighted by Gasteiger charge is -2.12. The molecule has 0 saturated carbocycles. The molecule has 28 heavy (non-hydrogen) atoms. The number of fused-ring (bicyclic) bond motifs is 1. The Morgan fingerprint density at radius 3 is 2.75 bits per heavy atom. The fourth-order valence-electron chi connectivity index (χ4n) is 2.86. The van der Waals surface area contributed by atoms with E-state index in [4.69, 9.17) is 0 Å². The number of non-ortho nitro benzene ring substituents is 1. The first-order valence-corrected chi connectivity index (χ1v) is 10.4. The monoisotopic (exact) mass is 409 g/mol. The maximum Gasteiger partial charge on any atom is 0.269 e. The van der Waals surface area contributed by atoms with Gasteiger partial charge in [0.25, 0.3) is 11.2 Å². The van der Waals surface area contributed by atoms with Crippen LogP contribution in [0.1, 0.15) is 10.4 Å². The largest absolute Gasteiger partial charge is 0.282 e. The lowest BCUT2D eigenvalue weighted by molar-refractivity contribution is -0.384. The summed E-state index contributed by atoms with van der Waals surface area (Å²) < 4.78 is 1.68. The highest BCUT2D eigenvalue weighted by atomic mass is 32.2. The Kier molecular flexibility index (Phi) is 5.23. The van der Waals surface area contributed by atoms with Gasteiger partial charge in [0, 0.05) is 22.8 Å². The van der Waals surface area contributed by atoms with Gasteiger partial charge in [-0.15, -0.1) is 11.3 Å². The highest BCUT2D eigenvalue weighted by molar-refractivity contribution is 7.98. The second kappa shape index (κ2) is 7.95. The van der Waals surface area contributed by atoms with E-state index in [1.54, 1.807) is 34.1 Å². The lowest BCUT2D eigenvalue weighted by Crippen LogP contribution is -2.23. The van der Waals surface area contributed by atoms with Crippen LogP contribution < -0.4 is 5.56 Å². The summed E-state index contributed by atoms with van der Waals surface area (Å²) >= 11 is 2.99. The van der Waals surface area contributed by atoms with Gasteiger partial charge in [0.1, 0.15) is 0 Å². The highest BCUT2D eigenvalue weighted by Crippen LogP contribution is 2.25. The maximum atomic E-state index is 13.1. The van der Waals surface area contributed by atoms with Crippen molar-refractivity contribution >= 4 is 39.7 Å². The van der Waals surface area contributed by atoms with E-state index in [1.165, 1.54) is 17.8 Å². The number of hydrogen-bond acceptors (Lipinski definition) is 6. The van der Waals surface area contributed by atoms with Crippen molar-refractivity contribution in [2.24, 2.45) is 0 Å². The number of thiophene rings is 1. The van der Waals surface area contributed by atoms with Crippen molar-refractivity contribution in [2.45, 2.75) is 17.5 Å². The second-order valence-electron chi connectivity index (χ2n) is 6.10. The molecule has 2 aromatic heterocycles. The number of aromatic nitrogens is 2. The van der Waals surface area contributed by atoms with Crippen molar-refractivity contribution in [1.29, 1.82) is 0 Å². The zero-order valence-corrected chi connectivity index (χ0v) is 16.3. The normalized spacial score (nSPS) is 11.0. The molecule has 0 aliphatic heterocycles. The Morgan fingerprint density at radius 1 is 1.11 bits per heavy atom. The first-order chi connectivity index (χ1) is 13.6. The van der Waals surface area contributed by atoms with E-state index in [2.05, 4.69) is 4.98 Å². The van der Waals surface area contributed by atoms with Crippen LogP contribution in [0.3, 0.4) is 0 Å². The van der Waals surface area contributed by atoms with Gasteiger partial charge in [0.2, 0.25) is 0 Å². The van der Waals surface area contributed by atoms with Crippen molar-refractivity contribution in [3.8, 4) is 0 Å². The third-order valence-electron chi connectivity index (χ3n) is 4.21. The van der Waals surface area contributed by atoms with Crippen molar-refractivity contribution in [2.75, 3.05) is 0 Å². The van der Waals surface area contributed by atoms with Gasteiger partial charge in [-0.25, -0.2) is 4.98 Å². The molecular formula is C20H15N3O3S2. The number of para-hydroxylation sites is 1. The standard InChI is InChI=1S/C20H15N3O3S2/c24-19-17-8-1-2-9-18(17)21-20(22(19)12-16-7-4-10-27-16)28-13-14-5-3-6-15(11-14)23(25)26/h1-11H,12-13H2. The minimum atomic E-state index is -0.408. The molecule has 0 N–H and O–H groups in total. The maximum absolute atomic E-state index is 13.1. The molecule has 0 radical (unpaired) electrons. The first kappa shape index (κ1) is 18.4. The Hall–Kier alpha value is -2.97. The van der Waals surface area contributed by atoms with E-state index in [-0.39, 0.29) is 11.2 Å². The number of rotatable bonds is 6. The molecule has 0 atom stereocenters. The molecule has 0 fully saturated rings. The van der Waals surface area contributed by atoms with Gasteiger partial charge >= 0.3 is 0 Å². The van der Waals surface area contributed by atoms with Crippen LogP contribution in [0.2, 0.25) is 0 Å². The Bertz CT molecular complexity index is 1200. The second-order valence-corrected chi connectivity index (χ2v) is 8.07. The highest BCUT2D eigenvalue weighted by Gasteiger charge is 2.13. The smallest absolute Gasteiger partial charge is 0.269 e. The molecule has 0 bridgehead atoms. The molecule has 2 heterocycles. The fraction of sp³-hybridized carbons (Fsp3) is 0.100. The summed E-state index contributed by atoms with van der Waals surface area (Å²) in [5.41, 5.74) is 1.43. The van der Waals surface area contributed by atoms with Crippen LogP contribution >= 0.6 is 23.1 Å². The molecule has 4 aromatic rings. The van der Waals surface area contributed by atoms with Crippen LogP contribution in [-0.4, -0.2) is 14.5 Å². The quantitative estimate of drug-likeness (QED) is 0.199. The minimum absolute atomic E-state index is 0.0561. The van der Waals surface area contributed by atoms with Crippen molar-refractivity contribution in [1.82, 2.24) is 9.55 Å². The van der Waals surface area contributed by atoms with Crippen LogP contribution in [0.4, 0.5) is 5.69 Å². The van der Waals surface area contributed by atoms with Gasteiger partial charge in [-0.2, -0.15) is 0 Å². The zero-order valence-electron chi connectivity index (χ0n) is 14.6. The van der Waals surface area contributed by atoms with Gasteiger partial charge in [0.15, 0.2) is 5.16 Å². The number of nitro groups is 1. The van der Waals surface area contributed by atoms with Crippen LogP contribution in [0.15, 0.2) is 76.0 Å². The molecule has 0 spiro atoms. The van der Waals surface area contributed by atoms with E-state index in [0.717, 1.165) is 10.4 Å². The molecule has 8 heteroatoms. The van der Waals surface area contributed by atoms with Gasteiger partial charge in [0.05, 0.1) is 22.4 Å². The lowest BCUT2D eigenvalue weighted by atomic mass is 10.2. The number of nitrogens with zero attached hydrogens (tertiary/aromatic N) is 3. The van der Waals surface area contributed by atoms with Crippen molar-refractivity contribution in [3.63, 3.8) is 0 Å². The summed E-state index contributed by atoms with van der Waals surface area (Å²) in [5.74, 6) is 0.483. The van der Waals surface area contributed by atoms with E-state index in [1.807, 2.05) is 41.8 Å². The first-order valence-electron chi connectivity index (χ1n) is 8.50. The van der Waals surface area contributed by atoms with E-state index < -0.39 is 4.92 Å². The fourth-order valence-corrected chi connectivity index (χ4v) is 4.50. The van der Waals surface area contributed by atoms with Gasteiger partial charge in [-0.3, -0.25) is 19.5 Å². The molecule has 2 aromatic carbocycles.